The van der Waals surface area contributed by atoms with Crippen molar-refractivity contribution in [2.75, 3.05) is 12.4 Å². The first-order valence-corrected chi connectivity index (χ1v) is 4.75. The number of methoxy groups -OCH3 is 1. The first-order valence-electron chi connectivity index (χ1n) is 4.75. The Bertz CT molecular complexity index is 424. The molecule has 0 saturated carbocycles. The Kier molecular flexibility index (Phi) is 4.27. The second-order valence-electron chi connectivity index (χ2n) is 3.16. The average Bonchev–Trinajstić information content (AvgIpc) is 2.25. The van der Waals surface area contributed by atoms with Gasteiger partial charge in [0.05, 0.1) is 7.11 Å². The Morgan fingerprint density at radius 1 is 1.38 bits per heavy atom. The second kappa shape index (κ2) is 5.70. The summed E-state index contributed by atoms with van der Waals surface area (Å²) in [5, 5.41) is 2.66. The lowest BCUT2D eigenvalue weighted by Gasteiger charge is -2.02. The number of hydrogen-bond acceptors (Lipinski definition) is 3. The number of carbonyl (C=O) groups is 2. The van der Waals surface area contributed by atoms with Gasteiger partial charge in [0.2, 0.25) is 5.91 Å². The third-order valence-electron chi connectivity index (χ3n) is 1.82. The summed E-state index contributed by atoms with van der Waals surface area (Å²) in [5.74, 6) is -0.543. The molecule has 0 aliphatic rings. The van der Waals surface area contributed by atoms with E-state index < -0.39 is 5.97 Å². The van der Waals surface area contributed by atoms with E-state index in [2.05, 4.69) is 10.1 Å². The molecule has 1 rings (SSSR count). The quantitative estimate of drug-likeness (QED) is 0.623. The molecule has 0 fully saturated rings. The van der Waals surface area contributed by atoms with Crippen molar-refractivity contribution in [3.05, 3.63) is 35.9 Å². The van der Waals surface area contributed by atoms with Crippen LogP contribution in [0.1, 0.15) is 12.5 Å². The molecule has 84 valence electrons. The van der Waals surface area contributed by atoms with Gasteiger partial charge in [-0.25, -0.2) is 4.79 Å². The van der Waals surface area contributed by atoms with Crippen molar-refractivity contribution in [1.29, 1.82) is 0 Å². The minimum Gasteiger partial charge on any atom is -0.466 e. The topological polar surface area (TPSA) is 55.4 Å². The summed E-state index contributed by atoms with van der Waals surface area (Å²) in [4.78, 5) is 21.7. The Morgan fingerprint density at radius 2 is 2.12 bits per heavy atom. The van der Waals surface area contributed by atoms with E-state index in [4.69, 9.17) is 0 Å². The van der Waals surface area contributed by atoms with E-state index >= 15 is 0 Å². The molecule has 0 aliphatic heterocycles. The van der Waals surface area contributed by atoms with Crippen molar-refractivity contribution in [3.63, 3.8) is 0 Å². The van der Waals surface area contributed by atoms with Crippen molar-refractivity contribution < 1.29 is 14.3 Å². The number of esters is 1. The maximum Gasteiger partial charge on any atom is 0.330 e. The van der Waals surface area contributed by atoms with Crippen LogP contribution in [0.4, 0.5) is 5.69 Å². The van der Waals surface area contributed by atoms with Crippen molar-refractivity contribution in [2.45, 2.75) is 6.92 Å². The van der Waals surface area contributed by atoms with Crippen LogP contribution in [0.3, 0.4) is 0 Å². The maximum absolute atomic E-state index is 10.9. The fraction of sp³-hybridized carbons (Fsp3) is 0.167. The van der Waals surface area contributed by atoms with E-state index in [9.17, 15) is 9.59 Å². The normalized spacial score (nSPS) is 10.1. The molecule has 4 heteroatoms. The molecule has 1 amide bonds. The molecule has 0 spiro atoms. The Labute approximate surface area is 93.9 Å². The molecule has 0 heterocycles. The standard InChI is InChI=1S/C12H13NO3/c1-9(14)13-11-5-3-4-10(8-11)6-7-12(15)16-2/h3-8H,1-2H3,(H,13,14). The van der Waals surface area contributed by atoms with Crippen LogP contribution < -0.4 is 5.32 Å². The first-order chi connectivity index (χ1) is 7.61. The summed E-state index contributed by atoms with van der Waals surface area (Å²) in [5.41, 5.74) is 1.51. The Hall–Kier alpha value is -2.10. The number of ether oxygens (including phenoxy) is 1. The fourth-order valence-electron chi connectivity index (χ4n) is 1.16. The molecule has 0 aromatic heterocycles. The summed E-state index contributed by atoms with van der Waals surface area (Å²) in [7, 11) is 1.32. The van der Waals surface area contributed by atoms with Crippen LogP contribution in [0.5, 0.6) is 0 Å². The summed E-state index contributed by atoms with van der Waals surface area (Å²) in [6.07, 6.45) is 2.95. The van der Waals surface area contributed by atoms with Crippen LogP contribution in [0.15, 0.2) is 30.3 Å². The Balaban J connectivity index is 2.78. The van der Waals surface area contributed by atoms with Gasteiger partial charge >= 0.3 is 5.97 Å². The molecule has 0 unspecified atom stereocenters. The zero-order chi connectivity index (χ0) is 12.0. The van der Waals surface area contributed by atoms with Crippen molar-refractivity contribution in [2.24, 2.45) is 0 Å². The highest BCUT2D eigenvalue weighted by molar-refractivity contribution is 5.90. The van der Waals surface area contributed by atoms with E-state index in [1.807, 2.05) is 6.07 Å². The lowest BCUT2D eigenvalue weighted by Crippen LogP contribution is -2.05. The molecule has 0 bridgehead atoms. The van der Waals surface area contributed by atoms with Gasteiger partial charge in [-0.15, -0.1) is 0 Å². The lowest BCUT2D eigenvalue weighted by molar-refractivity contribution is -0.134. The highest BCUT2D eigenvalue weighted by Gasteiger charge is 1.96. The molecule has 0 aliphatic carbocycles. The summed E-state index contributed by atoms with van der Waals surface area (Å²) in [6.45, 7) is 1.44. The van der Waals surface area contributed by atoms with Gasteiger partial charge in [0.25, 0.3) is 0 Å². The van der Waals surface area contributed by atoms with Crippen LogP contribution in [0, 0.1) is 0 Å². The van der Waals surface area contributed by atoms with E-state index in [1.54, 1.807) is 24.3 Å². The number of benzene rings is 1. The minimum absolute atomic E-state index is 0.130. The second-order valence-corrected chi connectivity index (χ2v) is 3.16. The number of nitrogens with one attached hydrogen (secondary N) is 1. The Morgan fingerprint density at radius 3 is 2.75 bits per heavy atom. The summed E-state index contributed by atoms with van der Waals surface area (Å²) < 4.78 is 4.47. The molecule has 0 atom stereocenters. The third-order valence-corrected chi connectivity index (χ3v) is 1.82. The van der Waals surface area contributed by atoms with Gasteiger partial charge in [-0.2, -0.15) is 0 Å². The smallest absolute Gasteiger partial charge is 0.330 e. The van der Waals surface area contributed by atoms with Gasteiger partial charge in [-0.3, -0.25) is 4.79 Å². The number of anilines is 1. The van der Waals surface area contributed by atoms with Crippen molar-refractivity contribution in [1.82, 2.24) is 0 Å². The van der Waals surface area contributed by atoms with Crippen LogP contribution in [-0.4, -0.2) is 19.0 Å². The molecule has 0 saturated heterocycles. The summed E-state index contributed by atoms with van der Waals surface area (Å²) >= 11 is 0. The molecule has 1 aromatic rings. The first kappa shape index (κ1) is 12.0. The monoisotopic (exact) mass is 219 g/mol. The van der Waals surface area contributed by atoms with Crippen molar-refractivity contribution >= 4 is 23.6 Å². The molecular formula is C12H13NO3. The number of rotatable bonds is 3. The van der Waals surface area contributed by atoms with E-state index in [1.165, 1.54) is 20.1 Å². The highest BCUT2D eigenvalue weighted by Crippen LogP contribution is 2.11. The zero-order valence-corrected chi connectivity index (χ0v) is 9.19. The third kappa shape index (κ3) is 3.96. The van der Waals surface area contributed by atoms with Crippen LogP contribution in [-0.2, 0) is 14.3 Å². The molecule has 0 radical (unpaired) electrons. The van der Waals surface area contributed by atoms with Gasteiger partial charge in [-0.1, -0.05) is 12.1 Å². The average molecular weight is 219 g/mol. The van der Waals surface area contributed by atoms with Crippen LogP contribution in [0.2, 0.25) is 0 Å². The van der Waals surface area contributed by atoms with Crippen molar-refractivity contribution in [3.8, 4) is 0 Å². The minimum atomic E-state index is -0.412. The van der Waals surface area contributed by atoms with E-state index in [0.29, 0.717) is 5.69 Å². The summed E-state index contributed by atoms with van der Waals surface area (Å²) in [6, 6.07) is 7.16. The lowest BCUT2D eigenvalue weighted by atomic mass is 10.2. The van der Waals surface area contributed by atoms with Gasteiger partial charge in [0.1, 0.15) is 0 Å². The molecule has 1 N–H and O–H groups in total. The maximum atomic E-state index is 10.9. The van der Waals surface area contributed by atoms with E-state index in [-0.39, 0.29) is 5.91 Å². The predicted molar refractivity (Wildman–Crippen MR) is 61.8 cm³/mol. The van der Waals surface area contributed by atoms with E-state index in [0.717, 1.165) is 5.56 Å². The van der Waals surface area contributed by atoms with Crippen LogP contribution in [0.25, 0.3) is 6.08 Å². The number of hydrogen-bond donors (Lipinski definition) is 1. The molecule has 1 aromatic carbocycles. The molecule has 4 nitrogen and oxygen atoms in total. The van der Waals surface area contributed by atoms with Gasteiger partial charge in [0.15, 0.2) is 0 Å². The predicted octanol–water partition coefficient (Wildman–Crippen LogP) is 1.83. The fourth-order valence-corrected chi connectivity index (χ4v) is 1.16. The highest BCUT2D eigenvalue weighted by atomic mass is 16.5. The van der Waals surface area contributed by atoms with Crippen LogP contribution >= 0.6 is 0 Å². The number of amides is 1. The molecule has 16 heavy (non-hydrogen) atoms. The number of carbonyl (C=O) groups excluding carboxylic acids is 2. The van der Waals surface area contributed by atoms with Gasteiger partial charge in [-0.05, 0) is 23.8 Å². The molecular weight excluding hydrogens is 206 g/mol. The largest absolute Gasteiger partial charge is 0.466 e. The van der Waals surface area contributed by atoms with Gasteiger partial charge in [0, 0.05) is 18.7 Å². The SMILES string of the molecule is COC(=O)C=Cc1cccc(NC(C)=O)c1. The van der Waals surface area contributed by atoms with Gasteiger partial charge < -0.3 is 10.1 Å². The zero-order valence-electron chi connectivity index (χ0n) is 9.19.